The number of rotatable bonds is 4. The average molecular weight is 255 g/mol. The van der Waals surface area contributed by atoms with Crippen LogP contribution in [0.25, 0.3) is 10.9 Å². The number of fused-ring (bicyclic) bond motifs is 1. The topological polar surface area (TPSA) is 54.0 Å². The van der Waals surface area contributed by atoms with E-state index in [1.807, 2.05) is 30.5 Å². The van der Waals surface area contributed by atoms with Crippen molar-refractivity contribution in [2.75, 3.05) is 6.54 Å². The van der Waals surface area contributed by atoms with Gasteiger partial charge in [-0.3, -0.25) is 9.78 Å². The minimum absolute atomic E-state index is 0.168. The van der Waals surface area contributed by atoms with Crippen LogP contribution in [0.5, 0.6) is 0 Å². The van der Waals surface area contributed by atoms with Crippen molar-refractivity contribution in [1.29, 1.82) is 0 Å². The Morgan fingerprint density at radius 1 is 1.32 bits per heavy atom. The lowest BCUT2D eigenvalue weighted by atomic mass is 10.1. The molecule has 0 spiro atoms. The van der Waals surface area contributed by atoms with Crippen LogP contribution in [0.2, 0.25) is 0 Å². The molecule has 1 fully saturated rings. The number of aromatic nitrogens is 1. The smallest absolute Gasteiger partial charge is 0.220 e. The normalized spacial score (nSPS) is 18.7. The number of pyridine rings is 1. The Morgan fingerprint density at radius 3 is 3.05 bits per heavy atom. The van der Waals surface area contributed by atoms with Crippen molar-refractivity contribution < 1.29 is 4.79 Å². The van der Waals surface area contributed by atoms with E-state index in [2.05, 4.69) is 21.7 Å². The Balaban J connectivity index is 1.64. The largest absolute Gasteiger partial charge is 0.352 e. The van der Waals surface area contributed by atoms with E-state index in [0.29, 0.717) is 6.42 Å². The molecule has 0 saturated carbocycles. The quantitative estimate of drug-likeness (QED) is 0.872. The lowest BCUT2D eigenvalue weighted by molar-refractivity contribution is -0.119. The fourth-order valence-corrected chi connectivity index (χ4v) is 2.52. The van der Waals surface area contributed by atoms with Gasteiger partial charge in [-0.2, -0.15) is 0 Å². The number of amides is 1. The molecular weight excluding hydrogens is 238 g/mol. The molecule has 1 unspecified atom stereocenters. The molecule has 0 aliphatic carbocycles. The molecule has 98 valence electrons. The molecule has 2 heterocycles. The number of carbonyl (C=O) groups is 1. The van der Waals surface area contributed by atoms with Crippen LogP contribution in [-0.4, -0.2) is 23.5 Å². The highest BCUT2D eigenvalue weighted by Gasteiger charge is 2.19. The van der Waals surface area contributed by atoms with Crippen molar-refractivity contribution in [2.45, 2.75) is 25.4 Å². The summed E-state index contributed by atoms with van der Waals surface area (Å²) < 4.78 is 0. The second kappa shape index (κ2) is 5.36. The van der Waals surface area contributed by atoms with Gasteiger partial charge in [-0.25, -0.2) is 0 Å². The van der Waals surface area contributed by atoms with E-state index in [0.717, 1.165) is 25.0 Å². The molecule has 3 rings (SSSR count). The van der Waals surface area contributed by atoms with Crippen molar-refractivity contribution in [1.82, 2.24) is 15.6 Å². The molecule has 1 aromatic carbocycles. The molecule has 2 N–H and O–H groups in total. The molecule has 4 heteroatoms. The number of hydrogen-bond acceptors (Lipinski definition) is 3. The Hall–Kier alpha value is -1.94. The van der Waals surface area contributed by atoms with Gasteiger partial charge in [0.15, 0.2) is 0 Å². The lowest BCUT2D eigenvalue weighted by Gasteiger charge is -2.12. The summed E-state index contributed by atoms with van der Waals surface area (Å²) >= 11 is 0. The summed E-state index contributed by atoms with van der Waals surface area (Å²) in [6.45, 7) is 1.62. The molecule has 1 aliphatic rings. The van der Waals surface area contributed by atoms with Crippen LogP contribution >= 0.6 is 0 Å². The van der Waals surface area contributed by atoms with Gasteiger partial charge in [0.25, 0.3) is 0 Å². The van der Waals surface area contributed by atoms with Crippen LogP contribution in [0.4, 0.5) is 0 Å². The maximum absolute atomic E-state index is 11.1. The van der Waals surface area contributed by atoms with Crippen molar-refractivity contribution in [3.63, 3.8) is 0 Å². The molecular formula is C15H17N3O. The number of benzene rings is 1. The van der Waals surface area contributed by atoms with Gasteiger partial charge >= 0.3 is 0 Å². The Labute approximate surface area is 112 Å². The number of nitrogens with zero attached hydrogens (tertiary/aromatic N) is 1. The van der Waals surface area contributed by atoms with E-state index in [1.165, 1.54) is 10.9 Å². The van der Waals surface area contributed by atoms with Gasteiger partial charge in [0.1, 0.15) is 0 Å². The molecule has 1 amide bonds. The third-order valence-electron chi connectivity index (χ3n) is 3.53. The second-order valence-electron chi connectivity index (χ2n) is 4.92. The molecule has 1 atom stereocenters. The highest BCUT2D eigenvalue weighted by molar-refractivity contribution is 5.81. The van der Waals surface area contributed by atoms with Gasteiger partial charge in [0, 0.05) is 37.1 Å². The zero-order valence-electron chi connectivity index (χ0n) is 10.7. The first-order chi connectivity index (χ1) is 9.33. The zero-order chi connectivity index (χ0) is 13.1. The van der Waals surface area contributed by atoms with E-state index in [4.69, 9.17) is 0 Å². The minimum Gasteiger partial charge on any atom is -0.352 e. The molecule has 0 radical (unpaired) electrons. The maximum Gasteiger partial charge on any atom is 0.220 e. The molecule has 4 nitrogen and oxygen atoms in total. The zero-order valence-corrected chi connectivity index (χ0v) is 10.7. The summed E-state index contributed by atoms with van der Waals surface area (Å²) in [6.07, 6.45) is 3.43. The maximum atomic E-state index is 11.1. The number of para-hydroxylation sites is 1. The van der Waals surface area contributed by atoms with Gasteiger partial charge in [-0.05, 0) is 24.1 Å². The molecule has 19 heavy (non-hydrogen) atoms. The molecule has 0 bridgehead atoms. The van der Waals surface area contributed by atoms with E-state index >= 15 is 0 Å². The highest BCUT2D eigenvalue weighted by atomic mass is 16.1. The van der Waals surface area contributed by atoms with Gasteiger partial charge < -0.3 is 10.6 Å². The minimum atomic E-state index is 0.168. The lowest BCUT2D eigenvalue weighted by Crippen LogP contribution is -2.35. The monoisotopic (exact) mass is 255 g/mol. The average Bonchev–Trinajstić information content (AvgIpc) is 2.85. The van der Waals surface area contributed by atoms with Gasteiger partial charge in [-0.1, -0.05) is 18.2 Å². The van der Waals surface area contributed by atoms with E-state index in [9.17, 15) is 4.79 Å². The number of carbonyl (C=O) groups excluding carboxylic acids is 1. The second-order valence-corrected chi connectivity index (χ2v) is 4.92. The van der Waals surface area contributed by atoms with Gasteiger partial charge in [0.05, 0.1) is 5.52 Å². The molecule has 1 aromatic heterocycles. The number of hydrogen-bond donors (Lipinski definition) is 2. The standard InChI is InChI=1S/C15H17N3O/c19-15-6-5-12(18-15)10-16-9-11-7-8-17-14-4-2-1-3-13(11)14/h1-4,7-8,12,16H,5-6,9-10H2,(H,18,19). The predicted molar refractivity (Wildman–Crippen MR) is 74.6 cm³/mol. The summed E-state index contributed by atoms with van der Waals surface area (Å²) in [5.74, 6) is 0.168. The fraction of sp³-hybridized carbons (Fsp3) is 0.333. The summed E-state index contributed by atoms with van der Waals surface area (Å²) in [6, 6.07) is 10.5. The van der Waals surface area contributed by atoms with Crippen LogP contribution < -0.4 is 10.6 Å². The fourth-order valence-electron chi connectivity index (χ4n) is 2.52. The Morgan fingerprint density at radius 2 is 2.21 bits per heavy atom. The third kappa shape index (κ3) is 2.74. The van der Waals surface area contributed by atoms with Crippen LogP contribution in [0.3, 0.4) is 0 Å². The Bertz CT molecular complexity index is 591. The van der Waals surface area contributed by atoms with Crippen LogP contribution in [0.15, 0.2) is 36.5 Å². The summed E-state index contributed by atoms with van der Waals surface area (Å²) in [7, 11) is 0. The molecule has 2 aromatic rings. The van der Waals surface area contributed by atoms with Gasteiger partial charge in [-0.15, -0.1) is 0 Å². The van der Waals surface area contributed by atoms with E-state index in [-0.39, 0.29) is 11.9 Å². The highest BCUT2D eigenvalue weighted by Crippen LogP contribution is 2.15. The third-order valence-corrected chi connectivity index (χ3v) is 3.53. The van der Waals surface area contributed by atoms with Crippen molar-refractivity contribution in [3.8, 4) is 0 Å². The number of nitrogens with one attached hydrogen (secondary N) is 2. The van der Waals surface area contributed by atoms with E-state index < -0.39 is 0 Å². The predicted octanol–water partition coefficient (Wildman–Crippen LogP) is 1.60. The van der Waals surface area contributed by atoms with Crippen molar-refractivity contribution >= 4 is 16.8 Å². The van der Waals surface area contributed by atoms with Gasteiger partial charge in [0.2, 0.25) is 5.91 Å². The van der Waals surface area contributed by atoms with Crippen LogP contribution in [0.1, 0.15) is 18.4 Å². The summed E-state index contributed by atoms with van der Waals surface area (Å²) in [4.78, 5) is 15.5. The first-order valence-electron chi connectivity index (χ1n) is 6.65. The Kier molecular flexibility index (Phi) is 3.42. The van der Waals surface area contributed by atoms with Crippen LogP contribution in [-0.2, 0) is 11.3 Å². The van der Waals surface area contributed by atoms with Crippen molar-refractivity contribution in [3.05, 3.63) is 42.1 Å². The molecule has 1 saturated heterocycles. The SMILES string of the molecule is O=C1CCC(CNCc2ccnc3ccccc23)N1. The first kappa shape index (κ1) is 12.1. The summed E-state index contributed by atoms with van der Waals surface area (Å²) in [5.41, 5.74) is 2.27. The first-order valence-corrected chi connectivity index (χ1v) is 6.65. The molecule has 1 aliphatic heterocycles. The summed E-state index contributed by atoms with van der Waals surface area (Å²) in [5, 5.41) is 7.57. The van der Waals surface area contributed by atoms with Crippen LogP contribution in [0, 0.1) is 0 Å². The van der Waals surface area contributed by atoms with E-state index in [1.54, 1.807) is 0 Å². The van der Waals surface area contributed by atoms with Crippen molar-refractivity contribution in [2.24, 2.45) is 0 Å².